The number of hydrogen-bond acceptors (Lipinski definition) is 3. The predicted molar refractivity (Wildman–Crippen MR) is 82.7 cm³/mol. The third-order valence-corrected chi connectivity index (χ3v) is 3.58. The summed E-state index contributed by atoms with van der Waals surface area (Å²) in [5.74, 6) is -0.0238. The van der Waals surface area contributed by atoms with Crippen molar-refractivity contribution in [3.8, 4) is 5.75 Å². The number of nitrogens with zero attached hydrogens (tertiary/aromatic N) is 2. The first-order chi connectivity index (χ1) is 10.6. The minimum atomic E-state index is -1.06. The minimum Gasteiger partial charge on any atom is -0.484 e. The molecular weight excluding hydrogens is 304 g/mol. The zero-order valence-corrected chi connectivity index (χ0v) is 12.5. The number of halogens is 1. The summed E-state index contributed by atoms with van der Waals surface area (Å²) in [5, 5.41) is 9.78. The summed E-state index contributed by atoms with van der Waals surface area (Å²) in [6, 6.07) is 10.8. The SMILES string of the molecule is Cc1ccn2c(COc3ccccc3Cl)nc(C(=O)O)c2c1. The number of pyridine rings is 1. The van der Waals surface area contributed by atoms with Gasteiger partial charge in [-0.1, -0.05) is 23.7 Å². The fourth-order valence-electron chi connectivity index (χ4n) is 2.22. The Bertz CT molecular complexity index is 858. The Morgan fingerprint density at radius 3 is 2.86 bits per heavy atom. The maximum Gasteiger partial charge on any atom is 0.356 e. The molecule has 0 atom stereocenters. The average molecular weight is 317 g/mol. The lowest BCUT2D eigenvalue weighted by molar-refractivity contribution is 0.0693. The van der Waals surface area contributed by atoms with Crippen molar-refractivity contribution in [2.75, 3.05) is 0 Å². The van der Waals surface area contributed by atoms with E-state index in [4.69, 9.17) is 16.3 Å². The lowest BCUT2D eigenvalue weighted by Crippen LogP contribution is -2.02. The van der Waals surface area contributed by atoms with Gasteiger partial charge < -0.3 is 9.84 Å². The molecule has 0 aliphatic heterocycles. The highest BCUT2D eigenvalue weighted by Gasteiger charge is 2.17. The molecule has 0 unspecified atom stereocenters. The number of aromatic nitrogens is 2. The zero-order valence-electron chi connectivity index (χ0n) is 11.8. The summed E-state index contributed by atoms with van der Waals surface area (Å²) >= 11 is 6.04. The Balaban J connectivity index is 1.97. The lowest BCUT2D eigenvalue weighted by Gasteiger charge is -2.07. The molecule has 0 spiro atoms. The molecule has 2 heterocycles. The molecule has 1 N–H and O–H groups in total. The van der Waals surface area contributed by atoms with E-state index < -0.39 is 5.97 Å². The molecule has 0 aliphatic carbocycles. The summed E-state index contributed by atoms with van der Waals surface area (Å²) in [6.07, 6.45) is 1.79. The Hall–Kier alpha value is -2.53. The number of aryl methyl sites for hydroxylation is 1. The molecule has 2 aromatic heterocycles. The fraction of sp³-hybridized carbons (Fsp3) is 0.125. The van der Waals surface area contributed by atoms with Gasteiger partial charge in [0.25, 0.3) is 0 Å². The van der Waals surface area contributed by atoms with Crippen LogP contribution in [0.25, 0.3) is 5.52 Å². The summed E-state index contributed by atoms with van der Waals surface area (Å²) in [7, 11) is 0. The van der Waals surface area contributed by atoms with E-state index in [9.17, 15) is 9.90 Å². The number of fused-ring (bicyclic) bond motifs is 1. The Kier molecular flexibility index (Phi) is 3.73. The van der Waals surface area contributed by atoms with Gasteiger partial charge in [0.05, 0.1) is 10.5 Å². The van der Waals surface area contributed by atoms with Crippen molar-refractivity contribution in [2.45, 2.75) is 13.5 Å². The molecule has 0 fully saturated rings. The van der Waals surface area contributed by atoms with Crippen molar-refractivity contribution in [1.82, 2.24) is 9.38 Å². The van der Waals surface area contributed by atoms with Crippen LogP contribution in [0.15, 0.2) is 42.6 Å². The molecule has 6 heteroatoms. The van der Waals surface area contributed by atoms with E-state index >= 15 is 0 Å². The first-order valence-electron chi connectivity index (χ1n) is 6.64. The summed E-state index contributed by atoms with van der Waals surface area (Å²) in [6.45, 7) is 2.03. The van der Waals surface area contributed by atoms with Gasteiger partial charge in [-0.05, 0) is 36.8 Å². The lowest BCUT2D eigenvalue weighted by atomic mass is 10.2. The largest absolute Gasteiger partial charge is 0.484 e. The number of para-hydroxylation sites is 1. The molecule has 5 nitrogen and oxygen atoms in total. The van der Waals surface area contributed by atoms with E-state index in [-0.39, 0.29) is 12.3 Å². The maximum atomic E-state index is 11.3. The van der Waals surface area contributed by atoms with Crippen LogP contribution in [-0.4, -0.2) is 20.5 Å². The molecule has 3 rings (SSSR count). The molecule has 1 aromatic carbocycles. The molecule has 0 amide bonds. The summed E-state index contributed by atoms with van der Waals surface area (Å²) in [5.41, 5.74) is 1.53. The smallest absolute Gasteiger partial charge is 0.356 e. The normalized spacial score (nSPS) is 10.8. The van der Waals surface area contributed by atoms with Crippen molar-refractivity contribution in [1.29, 1.82) is 0 Å². The van der Waals surface area contributed by atoms with E-state index in [0.29, 0.717) is 22.1 Å². The topological polar surface area (TPSA) is 63.8 Å². The number of hydrogen-bond donors (Lipinski definition) is 1. The van der Waals surface area contributed by atoms with E-state index in [1.165, 1.54) is 0 Å². The molecular formula is C16H13ClN2O3. The third-order valence-electron chi connectivity index (χ3n) is 3.27. The zero-order chi connectivity index (χ0) is 15.7. The van der Waals surface area contributed by atoms with E-state index in [1.807, 2.05) is 25.1 Å². The molecule has 112 valence electrons. The van der Waals surface area contributed by atoms with Crippen LogP contribution in [0.5, 0.6) is 5.75 Å². The molecule has 22 heavy (non-hydrogen) atoms. The van der Waals surface area contributed by atoms with Crippen LogP contribution in [-0.2, 0) is 6.61 Å². The van der Waals surface area contributed by atoms with Gasteiger partial charge in [-0.3, -0.25) is 4.40 Å². The monoisotopic (exact) mass is 316 g/mol. The van der Waals surface area contributed by atoms with Gasteiger partial charge in [0, 0.05) is 6.20 Å². The van der Waals surface area contributed by atoms with Crippen LogP contribution in [0.3, 0.4) is 0 Å². The van der Waals surface area contributed by atoms with Crippen LogP contribution in [0, 0.1) is 6.92 Å². The van der Waals surface area contributed by atoms with Crippen molar-refractivity contribution < 1.29 is 14.6 Å². The van der Waals surface area contributed by atoms with Crippen LogP contribution < -0.4 is 4.74 Å². The molecule has 0 bridgehead atoms. The highest BCUT2D eigenvalue weighted by molar-refractivity contribution is 6.32. The highest BCUT2D eigenvalue weighted by atomic mass is 35.5. The number of ether oxygens (including phenoxy) is 1. The number of carboxylic acid groups (broad SMARTS) is 1. The van der Waals surface area contributed by atoms with Crippen molar-refractivity contribution in [3.05, 3.63) is 64.7 Å². The molecule has 3 aromatic rings. The van der Waals surface area contributed by atoms with Gasteiger partial charge in [-0.15, -0.1) is 0 Å². The number of carboxylic acids is 1. The number of carbonyl (C=O) groups is 1. The third kappa shape index (κ3) is 2.63. The number of benzene rings is 1. The van der Waals surface area contributed by atoms with Gasteiger partial charge in [0.1, 0.15) is 12.4 Å². The molecule has 0 saturated carbocycles. The summed E-state index contributed by atoms with van der Waals surface area (Å²) < 4.78 is 7.36. The van der Waals surface area contributed by atoms with Crippen molar-refractivity contribution in [3.63, 3.8) is 0 Å². The van der Waals surface area contributed by atoms with Crippen molar-refractivity contribution in [2.24, 2.45) is 0 Å². The molecule has 0 saturated heterocycles. The van der Waals surface area contributed by atoms with Gasteiger partial charge in [-0.2, -0.15) is 0 Å². The van der Waals surface area contributed by atoms with Crippen LogP contribution in [0.1, 0.15) is 21.9 Å². The first-order valence-corrected chi connectivity index (χ1v) is 7.02. The Labute approximate surface area is 131 Å². The second-order valence-corrected chi connectivity index (χ2v) is 5.27. The molecule has 0 aliphatic rings. The summed E-state index contributed by atoms with van der Waals surface area (Å²) in [4.78, 5) is 15.5. The number of rotatable bonds is 4. The van der Waals surface area contributed by atoms with E-state index in [0.717, 1.165) is 5.56 Å². The maximum absolute atomic E-state index is 11.3. The van der Waals surface area contributed by atoms with E-state index in [2.05, 4.69) is 4.98 Å². The first kappa shape index (κ1) is 14.4. The Morgan fingerprint density at radius 2 is 2.14 bits per heavy atom. The van der Waals surface area contributed by atoms with E-state index in [1.54, 1.807) is 28.8 Å². The minimum absolute atomic E-state index is 0.0152. The van der Waals surface area contributed by atoms with Crippen molar-refractivity contribution >= 4 is 23.1 Å². The van der Waals surface area contributed by atoms with Crippen LogP contribution >= 0.6 is 11.6 Å². The Morgan fingerprint density at radius 1 is 1.36 bits per heavy atom. The number of aromatic carboxylic acids is 1. The second-order valence-electron chi connectivity index (χ2n) is 4.86. The second kappa shape index (κ2) is 5.69. The van der Waals surface area contributed by atoms with Gasteiger partial charge in [0.15, 0.2) is 11.5 Å². The average Bonchev–Trinajstić information content (AvgIpc) is 2.84. The molecule has 0 radical (unpaired) electrons. The standard InChI is InChI=1S/C16H13ClN2O3/c1-10-6-7-19-12(8-10)15(16(20)21)18-14(19)9-22-13-5-3-2-4-11(13)17/h2-8H,9H2,1H3,(H,20,21). The fourth-order valence-corrected chi connectivity index (χ4v) is 2.41. The van der Waals surface area contributed by atoms with Gasteiger partial charge >= 0.3 is 5.97 Å². The predicted octanol–water partition coefficient (Wildman–Crippen LogP) is 3.57. The number of imidazole rings is 1. The van der Waals surface area contributed by atoms with Gasteiger partial charge in [-0.25, -0.2) is 9.78 Å². The van der Waals surface area contributed by atoms with Crippen LogP contribution in [0.4, 0.5) is 0 Å². The highest BCUT2D eigenvalue weighted by Crippen LogP contribution is 2.24. The van der Waals surface area contributed by atoms with Gasteiger partial charge in [0.2, 0.25) is 0 Å². The quantitative estimate of drug-likeness (QED) is 0.799. The van der Waals surface area contributed by atoms with Crippen LogP contribution in [0.2, 0.25) is 5.02 Å².